The second-order valence-electron chi connectivity index (χ2n) is 5.41. The normalized spacial score (nSPS) is 21.9. The average Bonchev–Trinajstić information content (AvgIpc) is 2.28. The summed E-state index contributed by atoms with van der Waals surface area (Å²) in [5.74, 6) is 0.720. The van der Waals surface area contributed by atoms with Crippen molar-refractivity contribution in [2.24, 2.45) is 5.92 Å². The van der Waals surface area contributed by atoms with Crippen LogP contribution in [0, 0.1) is 5.92 Å². The van der Waals surface area contributed by atoms with Crippen LogP contribution in [0.2, 0.25) is 0 Å². The van der Waals surface area contributed by atoms with Crippen LogP contribution in [-0.2, 0) is 12.8 Å². The molecule has 1 aromatic rings. The molecule has 1 aromatic carbocycles. The van der Waals surface area contributed by atoms with E-state index in [4.69, 9.17) is 0 Å². The molecule has 0 heterocycles. The Morgan fingerprint density at radius 2 is 1.81 bits per heavy atom. The molecule has 2 rings (SSSR count). The molecule has 0 radical (unpaired) electrons. The van der Waals surface area contributed by atoms with E-state index in [2.05, 4.69) is 50.4 Å². The van der Waals surface area contributed by atoms with Crippen molar-refractivity contribution in [3.63, 3.8) is 0 Å². The third-order valence-electron chi connectivity index (χ3n) is 3.85. The molecular formula is C15H23N. The number of fused-ring (bicyclic) bond motifs is 1. The van der Waals surface area contributed by atoms with Crippen LogP contribution in [-0.4, -0.2) is 12.1 Å². The highest BCUT2D eigenvalue weighted by Crippen LogP contribution is 2.21. The van der Waals surface area contributed by atoms with Crippen molar-refractivity contribution >= 4 is 0 Å². The van der Waals surface area contributed by atoms with Crippen LogP contribution in [0.25, 0.3) is 0 Å². The van der Waals surface area contributed by atoms with Crippen molar-refractivity contribution in [2.45, 2.75) is 52.1 Å². The first kappa shape index (κ1) is 11.7. The van der Waals surface area contributed by atoms with Gasteiger partial charge in [-0.05, 0) is 43.2 Å². The molecule has 1 N–H and O–H groups in total. The summed E-state index contributed by atoms with van der Waals surface area (Å²) < 4.78 is 0. The van der Waals surface area contributed by atoms with Gasteiger partial charge < -0.3 is 5.32 Å². The number of hydrogen-bond donors (Lipinski definition) is 1. The lowest BCUT2D eigenvalue weighted by Gasteiger charge is -2.30. The van der Waals surface area contributed by atoms with Crippen molar-refractivity contribution in [3.8, 4) is 0 Å². The van der Waals surface area contributed by atoms with Gasteiger partial charge in [-0.15, -0.1) is 0 Å². The van der Waals surface area contributed by atoms with Crippen LogP contribution in [0.5, 0.6) is 0 Å². The number of rotatable bonds is 3. The average molecular weight is 217 g/mol. The van der Waals surface area contributed by atoms with Gasteiger partial charge in [0.2, 0.25) is 0 Å². The maximum atomic E-state index is 3.76. The summed E-state index contributed by atoms with van der Waals surface area (Å²) in [5, 5.41) is 3.76. The summed E-state index contributed by atoms with van der Waals surface area (Å²) >= 11 is 0. The molecule has 1 aliphatic rings. The van der Waals surface area contributed by atoms with E-state index in [1.165, 1.54) is 19.3 Å². The fraction of sp³-hybridized carbons (Fsp3) is 0.600. The van der Waals surface area contributed by atoms with Crippen LogP contribution in [0.15, 0.2) is 24.3 Å². The molecule has 0 saturated carbocycles. The fourth-order valence-corrected chi connectivity index (χ4v) is 2.40. The highest BCUT2D eigenvalue weighted by atomic mass is 14.9. The second kappa shape index (κ2) is 5.01. The van der Waals surface area contributed by atoms with E-state index >= 15 is 0 Å². The molecule has 0 bridgehead atoms. The maximum absolute atomic E-state index is 3.76. The lowest BCUT2D eigenvalue weighted by molar-refractivity contribution is 0.350. The monoisotopic (exact) mass is 217 g/mol. The van der Waals surface area contributed by atoms with Crippen molar-refractivity contribution in [2.75, 3.05) is 0 Å². The first-order valence-electron chi connectivity index (χ1n) is 6.49. The molecule has 88 valence electrons. The van der Waals surface area contributed by atoms with Gasteiger partial charge in [-0.2, -0.15) is 0 Å². The number of aryl methyl sites for hydroxylation is 1. The standard InChI is InChI=1S/C15H23N/c1-11(2)12(3)16-15-9-8-13-6-4-5-7-14(13)10-15/h4-7,11-12,15-16H,8-10H2,1-3H3. The largest absolute Gasteiger partial charge is 0.311 e. The second-order valence-corrected chi connectivity index (χ2v) is 5.41. The molecule has 1 nitrogen and oxygen atoms in total. The predicted octanol–water partition coefficient (Wildman–Crippen LogP) is 3.18. The van der Waals surface area contributed by atoms with Crippen LogP contribution in [0.1, 0.15) is 38.3 Å². The minimum atomic E-state index is 0.621. The summed E-state index contributed by atoms with van der Waals surface area (Å²) in [4.78, 5) is 0. The molecule has 0 amide bonds. The maximum Gasteiger partial charge on any atom is 0.0113 e. The first-order chi connectivity index (χ1) is 7.66. The van der Waals surface area contributed by atoms with E-state index in [1.54, 1.807) is 11.1 Å². The highest BCUT2D eigenvalue weighted by molar-refractivity contribution is 5.30. The Hall–Kier alpha value is -0.820. The summed E-state index contributed by atoms with van der Waals surface area (Å²) in [6.07, 6.45) is 3.72. The molecule has 0 saturated heterocycles. The SMILES string of the molecule is CC(C)C(C)NC1CCc2ccccc2C1. The summed E-state index contributed by atoms with van der Waals surface area (Å²) in [6, 6.07) is 10.2. The minimum absolute atomic E-state index is 0.621. The fourth-order valence-electron chi connectivity index (χ4n) is 2.40. The van der Waals surface area contributed by atoms with Crippen LogP contribution >= 0.6 is 0 Å². The van der Waals surface area contributed by atoms with Gasteiger partial charge >= 0.3 is 0 Å². The Morgan fingerprint density at radius 1 is 1.12 bits per heavy atom. The molecule has 0 aromatic heterocycles. The predicted molar refractivity (Wildman–Crippen MR) is 69.7 cm³/mol. The lowest BCUT2D eigenvalue weighted by atomic mass is 9.87. The van der Waals surface area contributed by atoms with E-state index in [1.807, 2.05) is 0 Å². The van der Waals surface area contributed by atoms with Crippen molar-refractivity contribution in [1.82, 2.24) is 5.32 Å². The van der Waals surface area contributed by atoms with Gasteiger partial charge in [0.25, 0.3) is 0 Å². The number of hydrogen-bond acceptors (Lipinski definition) is 1. The van der Waals surface area contributed by atoms with E-state index in [9.17, 15) is 0 Å². The van der Waals surface area contributed by atoms with Crippen molar-refractivity contribution in [1.29, 1.82) is 0 Å². The quantitative estimate of drug-likeness (QED) is 0.820. The summed E-state index contributed by atoms with van der Waals surface area (Å²) in [7, 11) is 0. The molecule has 1 aliphatic carbocycles. The first-order valence-corrected chi connectivity index (χ1v) is 6.49. The molecular weight excluding hydrogens is 194 g/mol. The molecule has 16 heavy (non-hydrogen) atoms. The Kier molecular flexibility index (Phi) is 3.65. The van der Waals surface area contributed by atoms with Gasteiger partial charge in [0.15, 0.2) is 0 Å². The van der Waals surface area contributed by atoms with Crippen LogP contribution in [0.3, 0.4) is 0 Å². The Bertz CT molecular complexity index is 343. The van der Waals surface area contributed by atoms with Gasteiger partial charge in [-0.1, -0.05) is 38.1 Å². The third kappa shape index (κ3) is 2.65. The molecule has 0 fully saturated rings. The van der Waals surface area contributed by atoms with Crippen LogP contribution < -0.4 is 5.32 Å². The van der Waals surface area contributed by atoms with E-state index in [-0.39, 0.29) is 0 Å². The molecule has 0 aliphatic heterocycles. The molecule has 2 unspecified atom stereocenters. The Labute approximate surface area is 99.3 Å². The summed E-state index contributed by atoms with van der Waals surface area (Å²) in [6.45, 7) is 6.87. The van der Waals surface area contributed by atoms with Gasteiger partial charge in [0, 0.05) is 12.1 Å². The zero-order valence-electron chi connectivity index (χ0n) is 10.7. The Morgan fingerprint density at radius 3 is 2.50 bits per heavy atom. The van der Waals surface area contributed by atoms with E-state index in [0.29, 0.717) is 12.1 Å². The van der Waals surface area contributed by atoms with E-state index < -0.39 is 0 Å². The zero-order valence-corrected chi connectivity index (χ0v) is 10.7. The minimum Gasteiger partial charge on any atom is -0.311 e. The topological polar surface area (TPSA) is 12.0 Å². The van der Waals surface area contributed by atoms with Crippen molar-refractivity contribution in [3.05, 3.63) is 35.4 Å². The van der Waals surface area contributed by atoms with Gasteiger partial charge in [0.05, 0.1) is 0 Å². The highest BCUT2D eigenvalue weighted by Gasteiger charge is 2.20. The number of nitrogens with one attached hydrogen (secondary N) is 1. The lowest BCUT2D eigenvalue weighted by Crippen LogP contribution is -2.42. The van der Waals surface area contributed by atoms with Crippen LogP contribution in [0.4, 0.5) is 0 Å². The van der Waals surface area contributed by atoms with Gasteiger partial charge in [-0.25, -0.2) is 0 Å². The summed E-state index contributed by atoms with van der Waals surface area (Å²) in [5.41, 5.74) is 3.10. The van der Waals surface area contributed by atoms with Gasteiger partial charge in [-0.3, -0.25) is 0 Å². The number of benzene rings is 1. The molecule has 2 atom stereocenters. The zero-order chi connectivity index (χ0) is 11.5. The van der Waals surface area contributed by atoms with Gasteiger partial charge in [0.1, 0.15) is 0 Å². The third-order valence-corrected chi connectivity index (χ3v) is 3.85. The molecule has 1 heteroatoms. The van der Waals surface area contributed by atoms with Crippen molar-refractivity contribution < 1.29 is 0 Å². The smallest absolute Gasteiger partial charge is 0.0113 e. The molecule has 0 spiro atoms. The van der Waals surface area contributed by atoms with E-state index in [0.717, 1.165) is 5.92 Å². The Balaban J connectivity index is 1.98.